The summed E-state index contributed by atoms with van der Waals surface area (Å²) in [6.45, 7) is 1.34. The van der Waals surface area contributed by atoms with Crippen molar-refractivity contribution in [3.8, 4) is 11.4 Å². The van der Waals surface area contributed by atoms with E-state index in [9.17, 15) is 4.79 Å². The molecule has 122 valence electrons. The number of hydrogen-bond donors (Lipinski definition) is 2. The van der Waals surface area contributed by atoms with Crippen molar-refractivity contribution in [3.05, 3.63) is 30.4 Å². The molecule has 0 radical (unpaired) electrons. The van der Waals surface area contributed by atoms with Crippen LogP contribution in [0.5, 0.6) is 0 Å². The van der Waals surface area contributed by atoms with E-state index in [4.69, 9.17) is 0 Å². The molecule has 1 atom stereocenters. The second-order valence-electron chi connectivity index (χ2n) is 5.91. The minimum atomic E-state index is -0.0416. The van der Waals surface area contributed by atoms with Gasteiger partial charge in [-0.25, -0.2) is 4.98 Å². The standard InChI is InChI=1S/C16H22N6O/c1-22-10-4-2-3-5-13(22)16(23)18-11-14-19-15(21-20-14)12-6-8-17-9-7-12/h6-9,13H,2-5,10-11H2,1H3,(H,18,23)(H,19,20,21)/t13-/m0/s1. The summed E-state index contributed by atoms with van der Waals surface area (Å²) >= 11 is 0. The number of pyridine rings is 1. The van der Waals surface area contributed by atoms with Crippen LogP contribution in [0.4, 0.5) is 0 Å². The van der Waals surface area contributed by atoms with E-state index in [0.29, 0.717) is 18.2 Å². The summed E-state index contributed by atoms with van der Waals surface area (Å²) in [5.74, 6) is 1.33. The summed E-state index contributed by atoms with van der Waals surface area (Å²) in [4.78, 5) is 22.9. The number of nitrogens with one attached hydrogen (secondary N) is 2. The van der Waals surface area contributed by atoms with Gasteiger partial charge in [-0.1, -0.05) is 12.8 Å². The third-order valence-electron chi connectivity index (χ3n) is 4.22. The number of amides is 1. The Balaban J connectivity index is 1.58. The van der Waals surface area contributed by atoms with Crippen LogP contribution in [-0.4, -0.2) is 50.6 Å². The Bertz CT molecular complexity index is 641. The van der Waals surface area contributed by atoms with Crippen LogP contribution in [-0.2, 0) is 11.3 Å². The maximum Gasteiger partial charge on any atom is 0.237 e. The minimum absolute atomic E-state index is 0.0416. The van der Waals surface area contributed by atoms with Crippen molar-refractivity contribution in [1.29, 1.82) is 0 Å². The Kier molecular flexibility index (Phi) is 4.97. The summed E-state index contributed by atoms with van der Waals surface area (Å²) < 4.78 is 0. The van der Waals surface area contributed by atoms with Crippen LogP contribution in [0.2, 0.25) is 0 Å². The van der Waals surface area contributed by atoms with Crippen molar-refractivity contribution in [3.63, 3.8) is 0 Å². The summed E-state index contributed by atoms with van der Waals surface area (Å²) in [6.07, 6.45) is 7.80. The first kappa shape index (κ1) is 15.6. The topological polar surface area (TPSA) is 86.8 Å². The molecule has 7 nitrogen and oxygen atoms in total. The van der Waals surface area contributed by atoms with E-state index >= 15 is 0 Å². The third kappa shape index (κ3) is 3.92. The van der Waals surface area contributed by atoms with Gasteiger partial charge in [-0.3, -0.25) is 19.8 Å². The van der Waals surface area contributed by atoms with E-state index in [1.165, 1.54) is 6.42 Å². The smallest absolute Gasteiger partial charge is 0.237 e. The van der Waals surface area contributed by atoms with Gasteiger partial charge in [-0.15, -0.1) is 0 Å². The molecule has 1 aliphatic heterocycles. The second-order valence-corrected chi connectivity index (χ2v) is 5.91. The summed E-state index contributed by atoms with van der Waals surface area (Å²) in [6, 6.07) is 3.66. The number of likely N-dealkylation sites (tertiary alicyclic amines) is 1. The highest BCUT2D eigenvalue weighted by molar-refractivity contribution is 5.81. The van der Waals surface area contributed by atoms with Crippen LogP contribution in [0.3, 0.4) is 0 Å². The zero-order valence-corrected chi connectivity index (χ0v) is 13.3. The molecule has 2 aromatic heterocycles. The summed E-state index contributed by atoms with van der Waals surface area (Å²) in [5, 5.41) is 10.0. The molecule has 2 N–H and O–H groups in total. The van der Waals surface area contributed by atoms with Gasteiger partial charge in [0.25, 0.3) is 0 Å². The fourth-order valence-corrected chi connectivity index (χ4v) is 2.88. The average Bonchev–Trinajstić information content (AvgIpc) is 2.95. The molecule has 1 fully saturated rings. The van der Waals surface area contributed by atoms with Gasteiger partial charge in [0.1, 0.15) is 5.82 Å². The molecule has 1 amide bonds. The molecular formula is C16H22N6O. The quantitative estimate of drug-likeness (QED) is 0.890. The Hall–Kier alpha value is -2.28. The molecule has 23 heavy (non-hydrogen) atoms. The number of aromatic amines is 1. The van der Waals surface area contributed by atoms with Gasteiger partial charge >= 0.3 is 0 Å². The van der Waals surface area contributed by atoms with Crippen LogP contribution < -0.4 is 5.32 Å². The lowest BCUT2D eigenvalue weighted by Gasteiger charge is -2.24. The Morgan fingerprint density at radius 2 is 2.17 bits per heavy atom. The highest BCUT2D eigenvalue weighted by Crippen LogP contribution is 2.15. The lowest BCUT2D eigenvalue weighted by Crippen LogP contribution is -2.44. The Labute approximate surface area is 135 Å². The van der Waals surface area contributed by atoms with E-state index in [0.717, 1.165) is 31.4 Å². The van der Waals surface area contributed by atoms with Gasteiger partial charge in [-0.2, -0.15) is 5.10 Å². The molecule has 2 aromatic rings. The van der Waals surface area contributed by atoms with Crippen LogP contribution in [0.1, 0.15) is 31.5 Å². The fourth-order valence-electron chi connectivity index (χ4n) is 2.88. The maximum absolute atomic E-state index is 12.4. The van der Waals surface area contributed by atoms with Crippen LogP contribution in [0.25, 0.3) is 11.4 Å². The zero-order valence-electron chi connectivity index (χ0n) is 13.3. The number of hydrogen-bond acceptors (Lipinski definition) is 5. The van der Waals surface area contributed by atoms with Crippen molar-refractivity contribution >= 4 is 5.91 Å². The first-order chi connectivity index (χ1) is 11.2. The van der Waals surface area contributed by atoms with Gasteiger partial charge in [0.05, 0.1) is 12.6 Å². The van der Waals surface area contributed by atoms with E-state index in [1.807, 2.05) is 19.2 Å². The van der Waals surface area contributed by atoms with Crippen LogP contribution in [0, 0.1) is 0 Å². The number of H-pyrrole nitrogens is 1. The highest BCUT2D eigenvalue weighted by atomic mass is 16.2. The molecule has 0 bridgehead atoms. The first-order valence-corrected chi connectivity index (χ1v) is 8.03. The van der Waals surface area contributed by atoms with Crippen LogP contribution >= 0.6 is 0 Å². The fraction of sp³-hybridized carbons (Fsp3) is 0.500. The van der Waals surface area contributed by atoms with E-state index in [-0.39, 0.29) is 11.9 Å². The van der Waals surface area contributed by atoms with Crippen molar-refractivity contribution < 1.29 is 4.79 Å². The SMILES string of the molecule is CN1CCCCC[C@H]1C(=O)NCc1nc(-c2ccncc2)n[nH]1. The average molecular weight is 314 g/mol. The largest absolute Gasteiger partial charge is 0.347 e. The number of likely N-dealkylation sites (N-methyl/N-ethyl adjacent to an activating group) is 1. The third-order valence-corrected chi connectivity index (χ3v) is 4.22. The van der Waals surface area contributed by atoms with Crippen LogP contribution in [0.15, 0.2) is 24.5 Å². The number of nitrogens with zero attached hydrogens (tertiary/aromatic N) is 4. The molecule has 0 unspecified atom stereocenters. The number of aromatic nitrogens is 4. The minimum Gasteiger partial charge on any atom is -0.347 e. The van der Waals surface area contributed by atoms with Crippen molar-refractivity contribution in [2.75, 3.05) is 13.6 Å². The summed E-state index contributed by atoms with van der Waals surface area (Å²) in [7, 11) is 2.02. The number of carbonyl (C=O) groups excluding carboxylic acids is 1. The van der Waals surface area contributed by atoms with Gasteiger partial charge in [0.15, 0.2) is 5.82 Å². The summed E-state index contributed by atoms with van der Waals surface area (Å²) in [5.41, 5.74) is 0.900. The van der Waals surface area contributed by atoms with Gasteiger partial charge in [0, 0.05) is 18.0 Å². The Morgan fingerprint density at radius 3 is 3.00 bits per heavy atom. The molecule has 3 rings (SSSR count). The number of rotatable bonds is 4. The molecular weight excluding hydrogens is 292 g/mol. The molecule has 0 aliphatic carbocycles. The van der Waals surface area contributed by atoms with Crippen molar-refractivity contribution in [2.24, 2.45) is 0 Å². The molecule has 0 aromatic carbocycles. The maximum atomic E-state index is 12.4. The lowest BCUT2D eigenvalue weighted by molar-refractivity contribution is -0.126. The molecule has 3 heterocycles. The normalized spacial score (nSPS) is 19.3. The Morgan fingerprint density at radius 1 is 1.35 bits per heavy atom. The molecule has 1 saturated heterocycles. The predicted octanol–water partition coefficient (Wildman–Crippen LogP) is 1.36. The van der Waals surface area contributed by atoms with E-state index < -0.39 is 0 Å². The lowest BCUT2D eigenvalue weighted by atomic mass is 10.1. The predicted molar refractivity (Wildman–Crippen MR) is 86.3 cm³/mol. The van der Waals surface area contributed by atoms with E-state index in [1.54, 1.807) is 12.4 Å². The molecule has 1 aliphatic rings. The van der Waals surface area contributed by atoms with E-state index in [2.05, 4.69) is 30.4 Å². The molecule has 7 heteroatoms. The second kappa shape index (κ2) is 7.32. The monoisotopic (exact) mass is 314 g/mol. The molecule has 0 spiro atoms. The zero-order chi connectivity index (χ0) is 16.1. The van der Waals surface area contributed by atoms with Gasteiger partial charge in [0.2, 0.25) is 5.91 Å². The first-order valence-electron chi connectivity index (χ1n) is 8.03. The van der Waals surface area contributed by atoms with Gasteiger partial charge in [-0.05, 0) is 38.6 Å². The van der Waals surface area contributed by atoms with Gasteiger partial charge < -0.3 is 5.32 Å². The highest BCUT2D eigenvalue weighted by Gasteiger charge is 2.24. The van der Waals surface area contributed by atoms with Crippen molar-refractivity contribution in [2.45, 2.75) is 38.3 Å². The molecule has 0 saturated carbocycles. The van der Waals surface area contributed by atoms with Crippen molar-refractivity contribution in [1.82, 2.24) is 30.4 Å². The number of carbonyl (C=O) groups is 1.